The minimum atomic E-state index is -0.500. The predicted octanol–water partition coefficient (Wildman–Crippen LogP) is -0.170. The first-order chi connectivity index (χ1) is 9.51. The molecule has 0 atom stereocenters. The lowest BCUT2D eigenvalue weighted by atomic mass is 10.4. The molecule has 20 heavy (non-hydrogen) atoms. The van der Waals surface area contributed by atoms with Crippen molar-refractivity contribution < 1.29 is 14.0 Å². The van der Waals surface area contributed by atoms with Crippen molar-refractivity contribution in [2.45, 2.75) is 6.54 Å². The molecule has 3 N–H and O–H groups in total. The van der Waals surface area contributed by atoms with Crippen molar-refractivity contribution in [2.75, 3.05) is 14.1 Å². The molecule has 0 saturated heterocycles. The van der Waals surface area contributed by atoms with E-state index in [1.54, 1.807) is 37.1 Å². The maximum absolute atomic E-state index is 11.7. The van der Waals surface area contributed by atoms with Crippen molar-refractivity contribution in [2.24, 2.45) is 5.84 Å². The fourth-order valence-corrected chi connectivity index (χ4v) is 1.61. The maximum Gasteiger partial charge on any atom is 0.300 e. The molecule has 0 aliphatic heterocycles. The van der Waals surface area contributed by atoms with E-state index in [9.17, 15) is 9.59 Å². The van der Waals surface area contributed by atoms with Crippen LogP contribution in [0.1, 0.15) is 26.8 Å². The zero-order chi connectivity index (χ0) is 14.7. The second-order valence-electron chi connectivity index (χ2n) is 4.34. The monoisotopic (exact) mass is 277 g/mol. The third kappa shape index (κ3) is 2.86. The SMILES string of the molecule is CN(C)C(=O)c1ccn(Cc2ccc(C(=O)NN)o2)n1. The van der Waals surface area contributed by atoms with E-state index in [1.165, 1.54) is 11.0 Å². The van der Waals surface area contributed by atoms with Crippen molar-refractivity contribution in [1.29, 1.82) is 0 Å². The number of hydrogen-bond donors (Lipinski definition) is 2. The van der Waals surface area contributed by atoms with Crippen molar-refractivity contribution >= 4 is 11.8 Å². The minimum absolute atomic E-state index is 0.124. The number of aromatic nitrogens is 2. The molecule has 0 bridgehead atoms. The summed E-state index contributed by atoms with van der Waals surface area (Å²) in [6, 6.07) is 4.80. The molecule has 8 nitrogen and oxygen atoms in total. The molecule has 0 saturated carbocycles. The first-order valence-electron chi connectivity index (χ1n) is 5.86. The van der Waals surface area contributed by atoms with E-state index in [0.29, 0.717) is 18.0 Å². The van der Waals surface area contributed by atoms with Crippen molar-refractivity contribution in [3.63, 3.8) is 0 Å². The van der Waals surface area contributed by atoms with Gasteiger partial charge in [-0.1, -0.05) is 0 Å². The average Bonchev–Trinajstić information content (AvgIpc) is 3.06. The molecule has 2 aromatic rings. The number of hydrazine groups is 1. The van der Waals surface area contributed by atoms with Crippen LogP contribution in [-0.4, -0.2) is 40.6 Å². The van der Waals surface area contributed by atoms with E-state index in [0.717, 1.165) is 0 Å². The van der Waals surface area contributed by atoms with Crippen molar-refractivity contribution in [1.82, 2.24) is 20.1 Å². The fourth-order valence-electron chi connectivity index (χ4n) is 1.61. The molecule has 2 rings (SSSR count). The summed E-state index contributed by atoms with van der Waals surface area (Å²) in [5.41, 5.74) is 2.33. The summed E-state index contributed by atoms with van der Waals surface area (Å²) in [4.78, 5) is 24.4. The average molecular weight is 277 g/mol. The van der Waals surface area contributed by atoms with E-state index in [4.69, 9.17) is 10.3 Å². The Hall–Kier alpha value is -2.61. The number of nitrogens with zero attached hydrogens (tertiary/aromatic N) is 3. The zero-order valence-corrected chi connectivity index (χ0v) is 11.2. The number of amides is 2. The highest BCUT2D eigenvalue weighted by atomic mass is 16.4. The van der Waals surface area contributed by atoms with Gasteiger partial charge in [0.15, 0.2) is 5.76 Å². The van der Waals surface area contributed by atoms with Crippen LogP contribution >= 0.6 is 0 Å². The number of carbonyl (C=O) groups is 2. The number of nitrogen functional groups attached to an aromatic ring is 1. The van der Waals surface area contributed by atoms with E-state index >= 15 is 0 Å². The molecule has 0 aromatic carbocycles. The van der Waals surface area contributed by atoms with Gasteiger partial charge in [-0.15, -0.1) is 0 Å². The van der Waals surface area contributed by atoms with Gasteiger partial charge >= 0.3 is 5.91 Å². The molecule has 2 aromatic heterocycles. The van der Waals surface area contributed by atoms with Gasteiger partial charge in [0, 0.05) is 20.3 Å². The Morgan fingerprint density at radius 3 is 2.80 bits per heavy atom. The fraction of sp³-hybridized carbons (Fsp3) is 0.250. The largest absolute Gasteiger partial charge is 0.454 e. The molecule has 0 aliphatic carbocycles. The van der Waals surface area contributed by atoms with E-state index in [1.807, 2.05) is 5.43 Å². The van der Waals surface area contributed by atoms with Gasteiger partial charge < -0.3 is 9.32 Å². The van der Waals surface area contributed by atoms with Gasteiger partial charge in [-0.25, -0.2) is 5.84 Å². The normalized spacial score (nSPS) is 10.3. The van der Waals surface area contributed by atoms with Crippen LogP contribution in [0.5, 0.6) is 0 Å². The van der Waals surface area contributed by atoms with Gasteiger partial charge in [-0.05, 0) is 18.2 Å². The second kappa shape index (κ2) is 5.57. The molecule has 0 radical (unpaired) electrons. The first kappa shape index (κ1) is 13.8. The van der Waals surface area contributed by atoms with Gasteiger partial charge in [0.25, 0.3) is 5.91 Å². The lowest BCUT2D eigenvalue weighted by Gasteiger charge is -2.06. The quantitative estimate of drug-likeness (QED) is 0.458. The van der Waals surface area contributed by atoms with Crippen LogP contribution in [0, 0.1) is 0 Å². The summed E-state index contributed by atoms with van der Waals surface area (Å²) in [6.07, 6.45) is 1.67. The number of carbonyl (C=O) groups excluding carboxylic acids is 2. The molecular formula is C12H15N5O3. The van der Waals surface area contributed by atoms with Crippen LogP contribution in [0.3, 0.4) is 0 Å². The van der Waals surface area contributed by atoms with Crippen LogP contribution in [0.4, 0.5) is 0 Å². The number of nitrogens with one attached hydrogen (secondary N) is 1. The molecule has 0 spiro atoms. The summed E-state index contributed by atoms with van der Waals surface area (Å²) in [7, 11) is 3.32. The van der Waals surface area contributed by atoms with Crippen LogP contribution < -0.4 is 11.3 Å². The Labute approximate surface area is 115 Å². The topological polar surface area (TPSA) is 106 Å². The Bertz CT molecular complexity index is 629. The summed E-state index contributed by atoms with van der Waals surface area (Å²) in [5.74, 6) is 5.00. The summed E-state index contributed by atoms with van der Waals surface area (Å²) in [6.45, 7) is 0.318. The Kier molecular flexibility index (Phi) is 3.85. The summed E-state index contributed by atoms with van der Waals surface area (Å²) >= 11 is 0. The Morgan fingerprint density at radius 2 is 2.15 bits per heavy atom. The Morgan fingerprint density at radius 1 is 1.40 bits per heavy atom. The molecule has 2 heterocycles. The molecule has 0 fully saturated rings. The van der Waals surface area contributed by atoms with Crippen LogP contribution in [0.15, 0.2) is 28.8 Å². The van der Waals surface area contributed by atoms with Crippen LogP contribution in [-0.2, 0) is 6.54 Å². The third-order valence-corrected chi connectivity index (χ3v) is 2.60. The van der Waals surface area contributed by atoms with Crippen LogP contribution in [0.2, 0.25) is 0 Å². The van der Waals surface area contributed by atoms with E-state index in [2.05, 4.69) is 5.10 Å². The molecule has 106 valence electrons. The lowest BCUT2D eigenvalue weighted by Crippen LogP contribution is -2.29. The number of nitrogens with two attached hydrogens (primary N) is 1. The highest BCUT2D eigenvalue weighted by molar-refractivity contribution is 5.91. The molecule has 8 heteroatoms. The number of hydrogen-bond acceptors (Lipinski definition) is 5. The highest BCUT2D eigenvalue weighted by Gasteiger charge is 2.13. The standard InChI is InChI=1S/C12H15N5O3/c1-16(2)12(19)9-5-6-17(15-9)7-8-3-4-10(20-8)11(18)14-13/h3-6H,7,13H2,1-2H3,(H,14,18). The van der Waals surface area contributed by atoms with Crippen molar-refractivity contribution in [3.8, 4) is 0 Å². The van der Waals surface area contributed by atoms with E-state index < -0.39 is 5.91 Å². The van der Waals surface area contributed by atoms with Crippen molar-refractivity contribution in [3.05, 3.63) is 41.6 Å². The van der Waals surface area contributed by atoms with Gasteiger partial charge in [0.2, 0.25) is 0 Å². The minimum Gasteiger partial charge on any atom is -0.454 e. The molecule has 0 unspecified atom stereocenters. The predicted molar refractivity (Wildman–Crippen MR) is 69.7 cm³/mol. The smallest absolute Gasteiger partial charge is 0.300 e. The molecule has 0 aliphatic rings. The van der Waals surface area contributed by atoms with Gasteiger partial charge in [-0.2, -0.15) is 5.10 Å². The summed E-state index contributed by atoms with van der Waals surface area (Å²) in [5, 5.41) is 4.14. The maximum atomic E-state index is 11.7. The van der Waals surface area contributed by atoms with Gasteiger partial charge in [0.05, 0.1) is 6.54 Å². The first-order valence-corrected chi connectivity index (χ1v) is 5.86. The molecule has 2 amide bonds. The Balaban J connectivity index is 2.09. The number of rotatable bonds is 4. The second-order valence-corrected chi connectivity index (χ2v) is 4.34. The highest BCUT2D eigenvalue weighted by Crippen LogP contribution is 2.10. The van der Waals surface area contributed by atoms with Crippen LogP contribution in [0.25, 0.3) is 0 Å². The number of furan rings is 1. The van der Waals surface area contributed by atoms with Gasteiger partial charge in [-0.3, -0.25) is 19.7 Å². The third-order valence-electron chi connectivity index (χ3n) is 2.60. The zero-order valence-electron chi connectivity index (χ0n) is 11.2. The lowest BCUT2D eigenvalue weighted by molar-refractivity contribution is 0.0820. The van der Waals surface area contributed by atoms with E-state index in [-0.39, 0.29) is 11.7 Å². The summed E-state index contributed by atoms with van der Waals surface area (Å²) < 4.78 is 6.86. The molecular weight excluding hydrogens is 262 g/mol. The van der Waals surface area contributed by atoms with Gasteiger partial charge in [0.1, 0.15) is 11.5 Å².